The molecule has 0 fully saturated rings. The average molecular weight is 480 g/mol. The fourth-order valence-electron chi connectivity index (χ4n) is 5.22. The third-order valence-corrected chi connectivity index (χ3v) is 7.92. The highest BCUT2D eigenvalue weighted by molar-refractivity contribution is 7.26. The van der Waals surface area contributed by atoms with Crippen molar-refractivity contribution in [2.45, 2.75) is 0 Å². The van der Waals surface area contributed by atoms with Crippen LogP contribution >= 0.6 is 11.3 Å². The van der Waals surface area contributed by atoms with Crippen molar-refractivity contribution in [3.05, 3.63) is 104 Å². The van der Waals surface area contributed by atoms with Gasteiger partial charge >= 0.3 is 0 Å². The summed E-state index contributed by atoms with van der Waals surface area (Å²) in [5, 5.41) is 4.57. The van der Waals surface area contributed by atoms with E-state index in [0.29, 0.717) is 5.95 Å². The molecule has 4 aromatic heterocycles. The molecule has 8 rings (SSSR count). The van der Waals surface area contributed by atoms with Crippen molar-refractivity contribution < 1.29 is 0 Å². The molecule has 8 aromatic rings. The van der Waals surface area contributed by atoms with Gasteiger partial charge in [0.2, 0.25) is 5.95 Å². The molecule has 0 saturated carbocycles. The molecular weight excluding hydrogens is 462 g/mol. The van der Waals surface area contributed by atoms with Gasteiger partial charge in [0.1, 0.15) is 6.33 Å². The van der Waals surface area contributed by atoms with E-state index in [0.717, 1.165) is 48.8 Å². The Hall–Kier alpha value is -4.68. The van der Waals surface area contributed by atoms with Gasteiger partial charge in [0.15, 0.2) is 0 Å². The molecule has 0 amide bonds. The number of para-hydroxylation sites is 2. The molecule has 4 aromatic carbocycles. The van der Waals surface area contributed by atoms with E-state index in [2.05, 4.69) is 75.2 Å². The summed E-state index contributed by atoms with van der Waals surface area (Å²) in [4.78, 5) is 19.0. The van der Waals surface area contributed by atoms with Gasteiger partial charge in [0.25, 0.3) is 0 Å². The van der Waals surface area contributed by atoms with E-state index in [1.54, 1.807) is 17.7 Å². The van der Waals surface area contributed by atoms with Crippen LogP contribution in [0.25, 0.3) is 70.2 Å². The Labute approximate surface area is 209 Å². The first-order valence-electron chi connectivity index (χ1n) is 11.7. The van der Waals surface area contributed by atoms with Gasteiger partial charge in [-0.3, -0.25) is 4.57 Å². The molecule has 5 nitrogen and oxygen atoms in total. The van der Waals surface area contributed by atoms with Gasteiger partial charge in [-0.25, -0.2) is 19.9 Å². The van der Waals surface area contributed by atoms with E-state index < -0.39 is 0 Å². The largest absolute Gasteiger partial charge is 0.278 e. The van der Waals surface area contributed by atoms with Gasteiger partial charge in [-0.2, -0.15) is 0 Å². The van der Waals surface area contributed by atoms with Crippen LogP contribution in [0, 0.1) is 0 Å². The SMILES string of the molecule is c1ccc(-c2nc(-n3c4ccccc4c4c5sc6cncnc6c5ccc43)nc3ccccc23)cc1. The minimum atomic E-state index is 0.666. The third-order valence-electron chi connectivity index (χ3n) is 6.78. The monoisotopic (exact) mass is 479 g/mol. The van der Waals surface area contributed by atoms with E-state index in [-0.39, 0.29) is 0 Å². The molecule has 168 valence electrons. The van der Waals surface area contributed by atoms with Crippen LogP contribution in [0.3, 0.4) is 0 Å². The predicted octanol–water partition coefficient (Wildman–Crippen LogP) is 7.55. The molecule has 4 heterocycles. The van der Waals surface area contributed by atoms with Crippen LogP contribution in [0.5, 0.6) is 0 Å². The summed E-state index contributed by atoms with van der Waals surface area (Å²) in [5.41, 5.74) is 6.09. The maximum absolute atomic E-state index is 5.17. The summed E-state index contributed by atoms with van der Waals surface area (Å²) < 4.78 is 4.49. The topological polar surface area (TPSA) is 56.5 Å². The molecule has 0 spiro atoms. The number of fused-ring (bicyclic) bond motifs is 8. The van der Waals surface area contributed by atoms with Gasteiger partial charge in [0.05, 0.1) is 32.5 Å². The summed E-state index contributed by atoms with van der Waals surface area (Å²) in [6, 6.07) is 31.4. The third kappa shape index (κ3) is 2.70. The lowest BCUT2D eigenvalue weighted by Crippen LogP contribution is -2.03. The number of thiophene rings is 1. The molecule has 0 aliphatic heterocycles. The zero-order chi connectivity index (χ0) is 23.6. The maximum Gasteiger partial charge on any atom is 0.235 e. The van der Waals surface area contributed by atoms with E-state index in [1.807, 2.05) is 36.5 Å². The van der Waals surface area contributed by atoms with Crippen molar-refractivity contribution >= 4 is 64.3 Å². The summed E-state index contributed by atoms with van der Waals surface area (Å²) in [6.07, 6.45) is 3.52. The molecule has 6 heteroatoms. The first-order valence-corrected chi connectivity index (χ1v) is 12.6. The quantitative estimate of drug-likeness (QED) is 0.257. The fraction of sp³-hybridized carbons (Fsp3) is 0. The fourth-order valence-corrected chi connectivity index (χ4v) is 6.40. The molecule has 36 heavy (non-hydrogen) atoms. The number of aromatic nitrogens is 5. The molecule has 0 saturated heterocycles. The smallest absolute Gasteiger partial charge is 0.235 e. The molecule has 0 N–H and O–H groups in total. The maximum atomic E-state index is 5.17. The second-order valence-corrected chi connectivity index (χ2v) is 9.83. The van der Waals surface area contributed by atoms with Crippen molar-refractivity contribution in [3.63, 3.8) is 0 Å². The van der Waals surface area contributed by atoms with Crippen molar-refractivity contribution in [1.82, 2.24) is 24.5 Å². The van der Waals surface area contributed by atoms with Crippen LogP contribution in [-0.4, -0.2) is 24.5 Å². The van der Waals surface area contributed by atoms with Gasteiger partial charge < -0.3 is 0 Å². The van der Waals surface area contributed by atoms with Crippen LogP contribution in [0.4, 0.5) is 0 Å². The molecule has 0 unspecified atom stereocenters. The highest BCUT2D eigenvalue weighted by Gasteiger charge is 2.20. The van der Waals surface area contributed by atoms with E-state index in [4.69, 9.17) is 9.97 Å². The standard InChI is InChI=1S/C30H17N5S/c1-2-8-18(9-3-1)27-19-10-4-6-12-22(19)33-30(34-27)35-23-13-7-5-11-20(23)26-24(35)15-14-21-28-25(36-29(21)26)16-31-17-32-28/h1-17H. The second-order valence-electron chi connectivity index (χ2n) is 8.78. The Kier molecular flexibility index (Phi) is 4.03. The second kappa shape index (κ2) is 7.41. The van der Waals surface area contributed by atoms with Gasteiger partial charge in [-0.05, 0) is 24.3 Å². The molecule has 0 aliphatic rings. The zero-order valence-electron chi connectivity index (χ0n) is 19.0. The minimum Gasteiger partial charge on any atom is -0.278 e. The lowest BCUT2D eigenvalue weighted by molar-refractivity contribution is 1.01. The summed E-state index contributed by atoms with van der Waals surface area (Å²) in [5.74, 6) is 0.666. The van der Waals surface area contributed by atoms with Crippen LogP contribution < -0.4 is 0 Å². The minimum absolute atomic E-state index is 0.666. The first-order chi connectivity index (χ1) is 17.9. The van der Waals surface area contributed by atoms with E-state index in [9.17, 15) is 0 Å². The molecule has 0 radical (unpaired) electrons. The van der Waals surface area contributed by atoms with Crippen LogP contribution in [-0.2, 0) is 0 Å². The predicted molar refractivity (Wildman–Crippen MR) is 148 cm³/mol. The Morgan fingerprint density at radius 2 is 1.47 bits per heavy atom. The lowest BCUT2D eigenvalue weighted by Gasteiger charge is -2.11. The highest BCUT2D eigenvalue weighted by atomic mass is 32.1. The number of rotatable bonds is 2. The zero-order valence-corrected chi connectivity index (χ0v) is 19.8. The van der Waals surface area contributed by atoms with E-state index in [1.165, 1.54) is 15.5 Å². The number of hydrogen-bond donors (Lipinski definition) is 0. The normalized spacial score (nSPS) is 11.9. The summed E-state index contributed by atoms with van der Waals surface area (Å²) in [6.45, 7) is 0. The number of nitrogens with zero attached hydrogens (tertiary/aromatic N) is 5. The Balaban J connectivity index is 1.53. The van der Waals surface area contributed by atoms with Crippen molar-refractivity contribution in [3.8, 4) is 17.2 Å². The summed E-state index contributed by atoms with van der Waals surface area (Å²) in [7, 11) is 0. The Morgan fingerprint density at radius 3 is 2.39 bits per heavy atom. The van der Waals surface area contributed by atoms with Gasteiger partial charge in [-0.1, -0.05) is 66.7 Å². The molecule has 0 bridgehead atoms. The highest BCUT2D eigenvalue weighted by Crippen LogP contribution is 2.42. The Morgan fingerprint density at radius 1 is 0.667 bits per heavy atom. The van der Waals surface area contributed by atoms with Crippen LogP contribution in [0.15, 0.2) is 104 Å². The summed E-state index contributed by atoms with van der Waals surface area (Å²) >= 11 is 1.74. The van der Waals surface area contributed by atoms with Crippen molar-refractivity contribution in [1.29, 1.82) is 0 Å². The lowest BCUT2D eigenvalue weighted by atomic mass is 10.1. The molecular formula is C30H17N5S. The molecule has 0 atom stereocenters. The molecule has 0 aliphatic carbocycles. The Bertz CT molecular complexity index is 2110. The number of benzene rings is 4. The van der Waals surface area contributed by atoms with Crippen molar-refractivity contribution in [2.24, 2.45) is 0 Å². The van der Waals surface area contributed by atoms with Gasteiger partial charge in [-0.15, -0.1) is 11.3 Å². The first kappa shape index (κ1) is 19.6. The number of hydrogen-bond acceptors (Lipinski definition) is 5. The van der Waals surface area contributed by atoms with Crippen LogP contribution in [0.2, 0.25) is 0 Å². The van der Waals surface area contributed by atoms with Gasteiger partial charge in [0, 0.05) is 38.0 Å². The van der Waals surface area contributed by atoms with E-state index >= 15 is 0 Å². The van der Waals surface area contributed by atoms with Crippen molar-refractivity contribution in [2.75, 3.05) is 0 Å². The average Bonchev–Trinajstić information content (AvgIpc) is 3.48. The van der Waals surface area contributed by atoms with Crippen LogP contribution in [0.1, 0.15) is 0 Å².